The van der Waals surface area contributed by atoms with Gasteiger partial charge in [0.2, 0.25) is 0 Å². The second kappa shape index (κ2) is 5.37. The third-order valence-corrected chi connectivity index (χ3v) is 2.26. The molecule has 0 fully saturated rings. The highest BCUT2D eigenvalue weighted by molar-refractivity contribution is 9.10. The van der Waals surface area contributed by atoms with Crippen LogP contribution in [0.5, 0.6) is 5.75 Å². The number of hydrogen-bond donors (Lipinski definition) is 0. The molecule has 0 heterocycles. The SMILES string of the molecule is COC(=O)c1ccc(OCC#N)c(Br)c1. The minimum Gasteiger partial charge on any atom is -0.478 e. The maximum absolute atomic E-state index is 11.2. The third-order valence-electron chi connectivity index (χ3n) is 1.65. The molecule has 0 saturated carbocycles. The molecule has 0 bridgehead atoms. The monoisotopic (exact) mass is 269 g/mol. The van der Waals surface area contributed by atoms with Gasteiger partial charge in [-0.15, -0.1) is 0 Å². The molecule has 0 aliphatic rings. The molecule has 1 rings (SSSR count). The standard InChI is InChI=1S/C10H8BrNO3/c1-14-10(13)7-2-3-9(8(11)6-7)15-5-4-12/h2-3,6H,5H2,1H3. The molecule has 5 heteroatoms. The van der Waals surface area contributed by atoms with Gasteiger partial charge in [0.15, 0.2) is 6.61 Å². The quantitative estimate of drug-likeness (QED) is 0.789. The molecule has 0 aliphatic heterocycles. The minimum absolute atomic E-state index is 0.0316. The topological polar surface area (TPSA) is 59.3 Å². The Morgan fingerprint density at radius 2 is 2.33 bits per heavy atom. The van der Waals surface area contributed by atoms with E-state index in [4.69, 9.17) is 10.00 Å². The average Bonchev–Trinajstić information content (AvgIpc) is 2.26. The lowest BCUT2D eigenvalue weighted by atomic mass is 10.2. The van der Waals surface area contributed by atoms with Crippen LogP contribution in [-0.4, -0.2) is 19.7 Å². The molecule has 0 atom stereocenters. The Labute approximate surface area is 95.5 Å². The molecule has 78 valence electrons. The molecule has 0 amide bonds. The van der Waals surface area contributed by atoms with E-state index in [1.807, 2.05) is 6.07 Å². The lowest BCUT2D eigenvalue weighted by Gasteiger charge is -2.05. The number of ether oxygens (including phenoxy) is 2. The van der Waals surface area contributed by atoms with Crippen LogP contribution in [0, 0.1) is 11.3 Å². The summed E-state index contributed by atoms with van der Waals surface area (Å²) in [6, 6.07) is 6.62. The zero-order chi connectivity index (χ0) is 11.3. The van der Waals surface area contributed by atoms with Crippen LogP contribution in [0.4, 0.5) is 0 Å². The van der Waals surface area contributed by atoms with Crippen molar-refractivity contribution in [3.05, 3.63) is 28.2 Å². The van der Waals surface area contributed by atoms with Gasteiger partial charge in [0.25, 0.3) is 0 Å². The Hall–Kier alpha value is -1.54. The van der Waals surface area contributed by atoms with Crippen molar-refractivity contribution in [2.75, 3.05) is 13.7 Å². The van der Waals surface area contributed by atoms with Gasteiger partial charge >= 0.3 is 5.97 Å². The third kappa shape index (κ3) is 2.96. The summed E-state index contributed by atoms with van der Waals surface area (Å²) in [5.74, 6) is 0.103. The summed E-state index contributed by atoms with van der Waals surface area (Å²) in [4.78, 5) is 11.2. The van der Waals surface area contributed by atoms with Gasteiger partial charge in [-0.3, -0.25) is 0 Å². The summed E-state index contributed by atoms with van der Waals surface area (Å²) in [6.45, 7) is -0.0316. The number of benzene rings is 1. The van der Waals surface area contributed by atoms with Gasteiger partial charge in [-0.2, -0.15) is 5.26 Å². The van der Waals surface area contributed by atoms with E-state index in [-0.39, 0.29) is 6.61 Å². The van der Waals surface area contributed by atoms with E-state index < -0.39 is 5.97 Å². The number of hydrogen-bond acceptors (Lipinski definition) is 4. The Morgan fingerprint density at radius 1 is 1.60 bits per heavy atom. The normalized spacial score (nSPS) is 9.13. The highest BCUT2D eigenvalue weighted by atomic mass is 79.9. The number of halogens is 1. The first-order valence-electron chi connectivity index (χ1n) is 4.06. The molecule has 0 aliphatic carbocycles. The van der Waals surface area contributed by atoms with Gasteiger partial charge in [0.05, 0.1) is 17.1 Å². The summed E-state index contributed by atoms with van der Waals surface area (Å²) in [6.07, 6.45) is 0. The minimum atomic E-state index is -0.414. The van der Waals surface area contributed by atoms with E-state index in [0.717, 1.165) is 0 Å². The lowest BCUT2D eigenvalue weighted by molar-refractivity contribution is 0.0600. The molecule has 4 nitrogen and oxygen atoms in total. The van der Waals surface area contributed by atoms with Crippen molar-refractivity contribution in [1.29, 1.82) is 5.26 Å². The molecule has 1 aromatic rings. The molecule has 15 heavy (non-hydrogen) atoms. The Balaban J connectivity index is 2.89. The summed E-state index contributed by atoms with van der Waals surface area (Å²) >= 11 is 3.23. The van der Waals surface area contributed by atoms with Gasteiger partial charge in [-0.25, -0.2) is 4.79 Å². The molecular formula is C10H8BrNO3. The summed E-state index contributed by atoms with van der Waals surface area (Å²) in [5.41, 5.74) is 0.425. The van der Waals surface area contributed by atoms with Crippen LogP contribution in [0.3, 0.4) is 0 Å². The number of methoxy groups -OCH3 is 1. The van der Waals surface area contributed by atoms with Crippen molar-refractivity contribution in [3.8, 4) is 11.8 Å². The Morgan fingerprint density at radius 3 is 2.87 bits per heavy atom. The predicted octanol–water partition coefficient (Wildman–Crippen LogP) is 2.14. The maximum Gasteiger partial charge on any atom is 0.337 e. The highest BCUT2D eigenvalue weighted by Crippen LogP contribution is 2.26. The molecule has 0 radical (unpaired) electrons. The average molecular weight is 270 g/mol. The number of carbonyl (C=O) groups excluding carboxylic acids is 1. The van der Waals surface area contributed by atoms with Gasteiger partial charge in [0, 0.05) is 0 Å². The van der Waals surface area contributed by atoms with E-state index >= 15 is 0 Å². The molecular weight excluding hydrogens is 262 g/mol. The van der Waals surface area contributed by atoms with Gasteiger partial charge in [-0.05, 0) is 34.1 Å². The predicted molar refractivity (Wildman–Crippen MR) is 56.6 cm³/mol. The largest absolute Gasteiger partial charge is 0.478 e. The van der Waals surface area contributed by atoms with Crippen molar-refractivity contribution >= 4 is 21.9 Å². The van der Waals surface area contributed by atoms with Gasteiger partial charge < -0.3 is 9.47 Å². The highest BCUT2D eigenvalue weighted by Gasteiger charge is 2.08. The second-order valence-corrected chi connectivity index (χ2v) is 3.44. The number of nitrogens with zero attached hydrogens (tertiary/aromatic N) is 1. The van der Waals surface area contributed by atoms with E-state index in [9.17, 15) is 4.79 Å². The maximum atomic E-state index is 11.2. The first kappa shape index (κ1) is 11.5. The fraction of sp³-hybridized carbons (Fsp3) is 0.200. The Kier molecular flexibility index (Phi) is 4.13. The number of esters is 1. The van der Waals surface area contributed by atoms with E-state index in [1.54, 1.807) is 18.2 Å². The number of carbonyl (C=O) groups is 1. The summed E-state index contributed by atoms with van der Waals surface area (Å²) in [7, 11) is 1.32. The van der Waals surface area contributed by atoms with E-state index in [1.165, 1.54) is 7.11 Å². The molecule has 0 N–H and O–H groups in total. The van der Waals surface area contributed by atoms with Gasteiger partial charge in [-0.1, -0.05) is 0 Å². The first-order valence-corrected chi connectivity index (χ1v) is 4.86. The zero-order valence-electron chi connectivity index (χ0n) is 7.99. The van der Waals surface area contributed by atoms with E-state index in [0.29, 0.717) is 15.8 Å². The summed E-state index contributed by atoms with van der Waals surface area (Å²) in [5, 5.41) is 8.33. The van der Waals surface area contributed by atoms with Crippen LogP contribution in [0.2, 0.25) is 0 Å². The van der Waals surface area contributed by atoms with Crippen LogP contribution in [0.25, 0.3) is 0 Å². The van der Waals surface area contributed by atoms with Crippen molar-refractivity contribution in [2.24, 2.45) is 0 Å². The van der Waals surface area contributed by atoms with Crippen molar-refractivity contribution in [1.82, 2.24) is 0 Å². The molecule has 0 unspecified atom stereocenters. The summed E-state index contributed by atoms with van der Waals surface area (Å²) < 4.78 is 10.3. The fourth-order valence-corrected chi connectivity index (χ4v) is 1.47. The smallest absolute Gasteiger partial charge is 0.337 e. The van der Waals surface area contributed by atoms with Crippen LogP contribution >= 0.6 is 15.9 Å². The van der Waals surface area contributed by atoms with Crippen molar-refractivity contribution in [3.63, 3.8) is 0 Å². The van der Waals surface area contributed by atoms with Crippen molar-refractivity contribution in [2.45, 2.75) is 0 Å². The molecule has 0 aromatic heterocycles. The zero-order valence-corrected chi connectivity index (χ0v) is 9.58. The fourth-order valence-electron chi connectivity index (χ4n) is 0.973. The van der Waals surface area contributed by atoms with Crippen LogP contribution in [0.1, 0.15) is 10.4 Å². The molecule has 0 saturated heterocycles. The van der Waals surface area contributed by atoms with Crippen LogP contribution in [0.15, 0.2) is 22.7 Å². The molecule has 1 aromatic carbocycles. The van der Waals surface area contributed by atoms with Gasteiger partial charge in [0.1, 0.15) is 11.8 Å². The number of rotatable bonds is 3. The van der Waals surface area contributed by atoms with E-state index in [2.05, 4.69) is 20.7 Å². The van der Waals surface area contributed by atoms with Crippen molar-refractivity contribution < 1.29 is 14.3 Å². The number of nitriles is 1. The molecule has 0 spiro atoms. The first-order chi connectivity index (χ1) is 7.19. The Bertz CT molecular complexity index is 412. The lowest BCUT2D eigenvalue weighted by Crippen LogP contribution is -2.02. The second-order valence-electron chi connectivity index (χ2n) is 2.58. The van der Waals surface area contributed by atoms with Crippen LogP contribution < -0.4 is 4.74 Å². The van der Waals surface area contributed by atoms with Crippen LogP contribution in [-0.2, 0) is 4.74 Å².